The molecule has 104 valence electrons. The average Bonchev–Trinajstić information content (AvgIpc) is 2.45. The summed E-state index contributed by atoms with van der Waals surface area (Å²) in [6.07, 6.45) is 1.37. The molecule has 0 fully saturated rings. The van der Waals surface area contributed by atoms with Crippen LogP contribution in [0, 0.1) is 0 Å². The van der Waals surface area contributed by atoms with Crippen molar-refractivity contribution < 1.29 is 9.53 Å². The van der Waals surface area contributed by atoms with Crippen LogP contribution in [0.1, 0.15) is 11.6 Å². The summed E-state index contributed by atoms with van der Waals surface area (Å²) < 4.78 is 5.94. The number of hydrogen-bond donors (Lipinski definition) is 0. The maximum atomic E-state index is 12.1. The maximum absolute atomic E-state index is 12.1. The highest BCUT2D eigenvalue weighted by molar-refractivity contribution is 6.34. The summed E-state index contributed by atoms with van der Waals surface area (Å²) in [5, 5.41) is 0.210. The molecule has 0 saturated heterocycles. The smallest absolute Gasteiger partial charge is 0.333 e. The molecule has 1 aromatic heterocycles. The lowest BCUT2D eigenvalue weighted by Crippen LogP contribution is -2.31. The number of ether oxygens (including phenoxy) is 1. The quantitative estimate of drug-likeness (QED) is 0.819. The molecule has 0 bridgehead atoms. The van der Waals surface area contributed by atoms with Gasteiger partial charge in [0.2, 0.25) is 0 Å². The van der Waals surface area contributed by atoms with E-state index in [1.807, 2.05) is 6.07 Å². The molecule has 2 aromatic rings. The molecule has 0 aliphatic heterocycles. The second-order valence-electron chi connectivity index (χ2n) is 4.06. The Labute approximate surface area is 125 Å². The zero-order valence-corrected chi connectivity index (χ0v) is 12.1. The van der Waals surface area contributed by atoms with Gasteiger partial charge in [-0.15, -0.1) is 0 Å². The molecule has 20 heavy (non-hydrogen) atoms. The van der Waals surface area contributed by atoms with Gasteiger partial charge in [-0.3, -0.25) is 9.36 Å². The van der Waals surface area contributed by atoms with E-state index in [2.05, 4.69) is 0 Å². The number of rotatable bonds is 3. The number of halogens is 2. The van der Waals surface area contributed by atoms with Crippen molar-refractivity contribution in [3.05, 3.63) is 68.6 Å². The van der Waals surface area contributed by atoms with Crippen LogP contribution in [0.3, 0.4) is 0 Å². The van der Waals surface area contributed by atoms with E-state index in [4.69, 9.17) is 27.9 Å². The van der Waals surface area contributed by atoms with Crippen LogP contribution in [-0.4, -0.2) is 17.6 Å². The first-order valence-corrected chi connectivity index (χ1v) is 6.50. The SMILES string of the molecule is COC(=O)C(c1ccccc1)n1cc(Cl)cc(Cl)c1=O. The van der Waals surface area contributed by atoms with Crippen LogP contribution in [-0.2, 0) is 9.53 Å². The third-order valence-corrected chi connectivity index (χ3v) is 3.26. The number of nitrogens with zero attached hydrogens (tertiary/aromatic N) is 1. The molecule has 0 radical (unpaired) electrons. The minimum Gasteiger partial charge on any atom is -0.467 e. The van der Waals surface area contributed by atoms with Crippen molar-refractivity contribution in [2.24, 2.45) is 0 Å². The molecule has 0 N–H and O–H groups in total. The molecular formula is C14H11Cl2NO3. The van der Waals surface area contributed by atoms with Crippen LogP contribution < -0.4 is 5.56 Å². The van der Waals surface area contributed by atoms with Gasteiger partial charge < -0.3 is 4.74 Å². The summed E-state index contributed by atoms with van der Waals surface area (Å²) >= 11 is 11.7. The van der Waals surface area contributed by atoms with Crippen LogP contribution in [0.5, 0.6) is 0 Å². The number of methoxy groups -OCH3 is 1. The molecule has 6 heteroatoms. The first kappa shape index (κ1) is 14.6. The Balaban J connectivity index is 2.65. The number of pyridine rings is 1. The fourth-order valence-electron chi connectivity index (χ4n) is 1.88. The van der Waals surface area contributed by atoms with Gasteiger partial charge in [0.1, 0.15) is 5.02 Å². The molecular weight excluding hydrogens is 301 g/mol. The predicted molar refractivity (Wildman–Crippen MR) is 77.3 cm³/mol. The Morgan fingerprint density at radius 1 is 1.25 bits per heavy atom. The molecule has 4 nitrogen and oxygen atoms in total. The third kappa shape index (κ3) is 2.86. The fraction of sp³-hybridized carbons (Fsp3) is 0.143. The van der Waals surface area contributed by atoms with E-state index in [1.54, 1.807) is 24.3 Å². The molecule has 2 rings (SSSR count). The van der Waals surface area contributed by atoms with Gasteiger partial charge in [0.25, 0.3) is 5.56 Å². The fourth-order valence-corrected chi connectivity index (χ4v) is 2.37. The Kier molecular flexibility index (Phi) is 4.47. The topological polar surface area (TPSA) is 48.3 Å². The Hall–Kier alpha value is -1.78. The molecule has 1 atom stereocenters. The molecule has 1 heterocycles. The third-order valence-electron chi connectivity index (χ3n) is 2.78. The minimum atomic E-state index is -0.926. The van der Waals surface area contributed by atoms with Crippen molar-refractivity contribution in [2.45, 2.75) is 6.04 Å². The summed E-state index contributed by atoms with van der Waals surface area (Å²) in [5.41, 5.74) is 0.107. The first-order chi connectivity index (χ1) is 9.54. The Morgan fingerprint density at radius 3 is 2.50 bits per heavy atom. The molecule has 1 unspecified atom stereocenters. The number of aromatic nitrogens is 1. The predicted octanol–water partition coefficient (Wildman–Crippen LogP) is 2.92. The largest absolute Gasteiger partial charge is 0.467 e. The number of benzene rings is 1. The van der Waals surface area contributed by atoms with Gasteiger partial charge in [0.05, 0.1) is 12.1 Å². The number of carbonyl (C=O) groups excluding carboxylic acids is 1. The van der Waals surface area contributed by atoms with E-state index >= 15 is 0 Å². The second-order valence-corrected chi connectivity index (χ2v) is 4.90. The van der Waals surface area contributed by atoms with Gasteiger partial charge in [-0.2, -0.15) is 0 Å². The van der Waals surface area contributed by atoms with Gasteiger partial charge in [0.15, 0.2) is 6.04 Å². The Morgan fingerprint density at radius 2 is 1.90 bits per heavy atom. The van der Waals surface area contributed by atoms with E-state index < -0.39 is 17.6 Å². The van der Waals surface area contributed by atoms with Gasteiger partial charge in [-0.05, 0) is 11.6 Å². The molecule has 0 aliphatic carbocycles. The molecule has 1 aromatic carbocycles. The zero-order chi connectivity index (χ0) is 14.7. The van der Waals surface area contributed by atoms with E-state index in [-0.39, 0.29) is 10.0 Å². The molecule has 0 spiro atoms. The lowest BCUT2D eigenvalue weighted by atomic mass is 10.1. The van der Waals surface area contributed by atoms with Crippen molar-refractivity contribution in [3.63, 3.8) is 0 Å². The van der Waals surface area contributed by atoms with Gasteiger partial charge in [-0.25, -0.2) is 4.79 Å². The van der Waals surface area contributed by atoms with Crippen molar-refractivity contribution >= 4 is 29.2 Å². The summed E-state index contributed by atoms with van der Waals surface area (Å²) in [6.45, 7) is 0. The van der Waals surface area contributed by atoms with Crippen LogP contribution in [0.2, 0.25) is 10.0 Å². The molecule has 0 aliphatic rings. The highest BCUT2D eigenvalue weighted by Gasteiger charge is 2.25. The van der Waals surface area contributed by atoms with E-state index in [0.29, 0.717) is 5.56 Å². The normalized spacial score (nSPS) is 11.9. The van der Waals surface area contributed by atoms with Crippen molar-refractivity contribution in [1.82, 2.24) is 4.57 Å². The monoisotopic (exact) mass is 311 g/mol. The summed E-state index contributed by atoms with van der Waals surface area (Å²) in [5.74, 6) is -0.573. The van der Waals surface area contributed by atoms with E-state index in [0.717, 1.165) is 0 Å². The molecule has 0 saturated carbocycles. The van der Waals surface area contributed by atoms with E-state index in [1.165, 1.54) is 23.9 Å². The van der Waals surface area contributed by atoms with Crippen LogP contribution in [0.25, 0.3) is 0 Å². The van der Waals surface area contributed by atoms with Crippen LogP contribution >= 0.6 is 23.2 Å². The van der Waals surface area contributed by atoms with Crippen molar-refractivity contribution in [1.29, 1.82) is 0 Å². The van der Waals surface area contributed by atoms with Crippen LogP contribution in [0.15, 0.2) is 47.4 Å². The lowest BCUT2D eigenvalue weighted by molar-refractivity contribution is -0.143. The van der Waals surface area contributed by atoms with Gasteiger partial charge in [0, 0.05) is 6.20 Å². The summed E-state index contributed by atoms with van der Waals surface area (Å²) in [6, 6.07) is 9.20. The summed E-state index contributed by atoms with van der Waals surface area (Å²) in [4.78, 5) is 24.1. The zero-order valence-electron chi connectivity index (χ0n) is 10.5. The second kappa shape index (κ2) is 6.11. The lowest BCUT2D eigenvalue weighted by Gasteiger charge is -2.18. The summed E-state index contributed by atoms with van der Waals surface area (Å²) in [7, 11) is 1.26. The number of hydrogen-bond acceptors (Lipinski definition) is 3. The highest BCUT2D eigenvalue weighted by atomic mass is 35.5. The standard InChI is InChI=1S/C14H11Cl2NO3/c1-20-14(19)12(9-5-3-2-4-6-9)17-8-10(15)7-11(16)13(17)18/h2-8,12H,1H3. The maximum Gasteiger partial charge on any atom is 0.333 e. The van der Waals surface area contributed by atoms with Gasteiger partial charge in [-0.1, -0.05) is 53.5 Å². The van der Waals surface area contributed by atoms with Crippen LogP contribution in [0.4, 0.5) is 0 Å². The highest BCUT2D eigenvalue weighted by Crippen LogP contribution is 2.21. The minimum absolute atomic E-state index is 0.0534. The van der Waals surface area contributed by atoms with Crippen molar-refractivity contribution in [3.8, 4) is 0 Å². The average molecular weight is 312 g/mol. The number of carbonyl (C=O) groups is 1. The van der Waals surface area contributed by atoms with Gasteiger partial charge >= 0.3 is 5.97 Å². The van der Waals surface area contributed by atoms with E-state index in [9.17, 15) is 9.59 Å². The number of esters is 1. The Bertz CT molecular complexity index is 683. The molecule has 0 amide bonds. The first-order valence-electron chi connectivity index (χ1n) is 5.74. The van der Waals surface area contributed by atoms with Crippen molar-refractivity contribution in [2.75, 3.05) is 7.11 Å².